The number of carboxylic acid groups (broad SMARTS) is 1. The lowest BCUT2D eigenvalue weighted by molar-refractivity contribution is -0.145. The monoisotopic (exact) mass is 269 g/mol. The summed E-state index contributed by atoms with van der Waals surface area (Å²) in [6.07, 6.45) is 0.662. The van der Waals surface area contributed by atoms with E-state index in [9.17, 15) is 14.0 Å². The maximum atomic E-state index is 12.7. The van der Waals surface area contributed by atoms with Crippen LogP contribution in [-0.2, 0) is 9.59 Å². The number of halogens is 1. The zero-order chi connectivity index (χ0) is 14.3. The fourth-order valence-corrected chi connectivity index (χ4v) is 1.49. The van der Waals surface area contributed by atoms with Gasteiger partial charge in [-0.1, -0.05) is 6.92 Å². The van der Waals surface area contributed by atoms with E-state index in [0.717, 1.165) is 0 Å². The molecule has 0 radical (unpaired) electrons. The molecule has 1 amide bonds. The Kier molecular flexibility index (Phi) is 5.78. The molecule has 0 aliphatic heterocycles. The maximum absolute atomic E-state index is 12.7. The van der Waals surface area contributed by atoms with Crippen molar-refractivity contribution in [1.82, 2.24) is 4.90 Å². The molecule has 0 heterocycles. The Hall–Kier alpha value is -2.11. The molecule has 0 atom stereocenters. The highest BCUT2D eigenvalue weighted by Gasteiger charge is 2.16. The number of carbonyl (C=O) groups excluding carboxylic acids is 1. The molecular weight excluding hydrogens is 253 g/mol. The highest BCUT2D eigenvalue weighted by atomic mass is 19.1. The molecule has 0 saturated heterocycles. The van der Waals surface area contributed by atoms with Gasteiger partial charge < -0.3 is 14.7 Å². The zero-order valence-corrected chi connectivity index (χ0v) is 10.6. The Morgan fingerprint density at radius 1 is 1.32 bits per heavy atom. The second kappa shape index (κ2) is 7.35. The van der Waals surface area contributed by atoms with Gasteiger partial charge in [-0.05, 0) is 30.7 Å². The van der Waals surface area contributed by atoms with E-state index < -0.39 is 17.7 Å². The molecule has 1 rings (SSSR count). The summed E-state index contributed by atoms with van der Waals surface area (Å²) < 4.78 is 17.8. The minimum absolute atomic E-state index is 0.265. The van der Waals surface area contributed by atoms with Crippen LogP contribution >= 0.6 is 0 Å². The van der Waals surface area contributed by atoms with Crippen LogP contribution in [0.4, 0.5) is 4.39 Å². The Morgan fingerprint density at radius 2 is 1.95 bits per heavy atom. The lowest BCUT2D eigenvalue weighted by Gasteiger charge is -2.19. The van der Waals surface area contributed by atoms with Crippen LogP contribution in [0.2, 0.25) is 0 Å². The maximum Gasteiger partial charge on any atom is 0.323 e. The van der Waals surface area contributed by atoms with Gasteiger partial charge in [0.1, 0.15) is 18.1 Å². The molecule has 0 bridgehead atoms. The summed E-state index contributed by atoms with van der Waals surface area (Å²) in [5.41, 5.74) is 0. The first-order valence-corrected chi connectivity index (χ1v) is 5.91. The number of ether oxygens (including phenoxy) is 1. The van der Waals surface area contributed by atoms with Crippen molar-refractivity contribution in [2.45, 2.75) is 13.3 Å². The van der Waals surface area contributed by atoms with E-state index in [-0.39, 0.29) is 13.2 Å². The summed E-state index contributed by atoms with van der Waals surface area (Å²) in [6, 6.07) is 5.26. The lowest BCUT2D eigenvalue weighted by atomic mass is 10.3. The third-order valence-corrected chi connectivity index (χ3v) is 2.35. The van der Waals surface area contributed by atoms with Crippen LogP contribution in [0.15, 0.2) is 24.3 Å². The minimum atomic E-state index is -1.07. The molecule has 5 nitrogen and oxygen atoms in total. The second-order valence-corrected chi connectivity index (χ2v) is 3.95. The first kappa shape index (κ1) is 14.9. The average Bonchev–Trinajstić information content (AvgIpc) is 2.37. The summed E-state index contributed by atoms with van der Waals surface area (Å²) in [7, 11) is 0. The van der Waals surface area contributed by atoms with Crippen LogP contribution in [0.25, 0.3) is 0 Å². The van der Waals surface area contributed by atoms with Gasteiger partial charge in [-0.15, -0.1) is 0 Å². The molecule has 0 unspecified atom stereocenters. The summed E-state index contributed by atoms with van der Waals surface area (Å²) >= 11 is 0. The molecule has 1 N–H and O–H groups in total. The number of hydrogen-bond donors (Lipinski definition) is 1. The largest absolute Gasteiger partial charge is 0.484 e. The van der Waals surface area contributed by atoms with E-state index in [0.29, 0.717) is 18.7 Å². The summed E-state index contributed by atoms with van der Waals surface area (Å²) in [4.78, 5) is 23.6. The van der Waals surface area contributed by atoms with Gasteiger partial charge in [-0.25, -0.2) is 4.39 Å². The molecule has 0 spiro atoms. The van der Waals surface area contributed by atoms with Gasteiger partial charge in [0.15, 0.2) is 6.61 Å². The van der Waals surface area contributed by atoms with Gasteiger partial charge in [0.2, 0.25) is 0 Å². The van der Waals surface area contributed by atoms with Crippen LogP contribution in [0.5, 0.6) is 5.75 Å². The number of rotatable bonds is 7. The predicted molar refractivity (Wildman–Crippen MR) is 66.4 cm³/mol. The minimum Gasteiger partial charge on any atom is -0.484 e. The van der Waals surface area contributed by atoms with E-state index in [1.807, 2.05) is 6.92 Å². The van der Waals surface area contributed by atoms with Crippen molar-refractivity contribution < 1.29 is 23.8 Å². The van der Waals surface area contributed by atoms with E-state index in [2.05, 4.69) is 0 Å². The first-order chi connectivity index (χ1) is 9.02. The molecule has 19 heavy (non-hydrogen) atoms. The van der Waals surface area contributed by atoms with Gasteiger partial charge in [0.25, 0.3) is 5.91 Å². The molecular formula is C13H16FNO4. The fourth-order valence-electron chi connectivity index (χ4n) is 1.49. The molecule has 0 aliphatic carbocycles. The fraction of sp³-hybridized carbons (Fsp3) is 0.385. The number of benzene rings is 1. The zero-order valence-electron chi connectivity index (χ0n) is 10.6. The van der Waals surface area contributed by atoms with Gasteiger partial charge in [0, 0.05) is 6.54 Å². The third kappa shape index (κ3) is 5.37. The van der Waals surface area contributed by atoms with Gasteiger partial charge in [-0.2, -0.15) is 0 Å². The Morgan fingerprint density at radius 3 is 2.47 bits per heavy atom. The van der Waals surface area contributed by atoms with Crippen LogP contribution < -0.4 is 4.74 Å². The topological polar surface area (TPSA) is 66.8 Å². The lowest BCUT2D eigenvalue weighted by Crippen LogP contribution is -2.39. The Balaban J connectivity index is 2.51. The van der Waals surface area contributed by atoms with E-state index >= 15 is 0 Å². The van der Waals surface area contributed by atoms with Crippen molar-refractivity contribution in [2.75, 3.05) is 19.7 Å². The molecule has 0 saturated carbocycles. The Bertz CT molecular complexity index is 433. The number of aliphatic carboxylic acids is 1. The number of carbonyl (C=O) groups is 2. The van der Waals surface area contributed by atoms with Gasteiger partial charge >= 0.3 is 5.97 Å². The summed E-state index contributed by atoms with van der Waals surface area (Å²) in [5, 5.41) is 8.70. The molecule has 6 heteroatoms. The SMILES string of the molecule is CCCN(CC(=O)O)C(=O)COc1ccc(F)cc1. The highest BCUT2D eigenvalue weighted by Crippen LogP contribution is 2.11. The summed E-state index contributed by atoms with van der Waals surface area (Å²) in [6.45, 7) is 1.60. The molecule has 104 valence electrons. The number of nitrogens with zero attached hydrogens (tertiary/aromatic N) is 1. The van der Waals surface area contributed by atoms with E-state index in [4.69, 9.17) is 9.84 Å². The van der Waals surface area contributed by atoms with Crippen LogP contribution in [0, 0.1) is 5.82 Å². The highest BCUT2D eigenvalue weighted by molar-refractivity contribution is 5.82. The van der Waals surface area contributed by atoms with Crippen LogP contribution in [-0.4, -0.2) is 41.6 Å². The van der Waals surface area contributed by atoms with E-state index in [1.165, 1.54) is 29.2 Å². The number of hydrogen-bond acceptors (Lipinski definition) is 3. The van der Waals surface area contributed by atoms with Crippen molar-refractivity contribution in [3.05, 3.63) is 30.1 Å². The molecule has 1 aromatic carbocycles. The van der Waals surface area contributed by atoms with Crippen molar-refractivity contribution in [3.8, 4) is 5.75 Å². The van der Waals surface area contributed by atoms with Crippen molar-refractivity contribution in [2.24, 2.45) is 0 Å². The van der Waals surface area contributed by atoms with Crippen molar-refractivity contribution >= 4 is 11.9 Å². The normalized spacial score (nSPS) is 10.0. The smallest absolute Gasteiger partial charge is 0.323 e. The molecule has 0 aliphatic rings. The first-order valence-electron chi connectivity index (χ1n) is 5.91. The predicted octanol–water partition coefficient (Wildman–Crippen LogP) is 1.53. The summed E-state index contributed by atoms with van der Waals surface area (Å²) in [5.74, 6) is -1.50. The quantitative estimate of drug-likeness (QED) is 0.815. The van der Waals surface area contributed by atoms with Gasteiger partial charge in [-0.3, -0.25) is 9.59 Å². The van der Waals surface area contributed by atoms with Crippen LogP contribution in [0.1, 0.15) is 13.3 Å². The van der Waals surface area contributed by atoms with Crippen molar-refractivity contribution in [3.63, 3.8) is 0 Å². The van der Waals surface area contributed by atoms with Gasteiger partial charge in [0.05, 0.1) is 0 Å². The Labute approximate surface area is 110 Å². The average molecular weight is 269 g/mol. The number of carboxylic acids is 1. The van der Waals surface area contributed by atoms with Crippen molar-refractivity contribution in [1.29, 1.82) is 0 Å². The van der Waals surface area contributed by atoms with E-state index in [1.54, 1.807) is 0 Å². The molecule has 0 fully saturated rings. The second-order valence-electron chi connectivity index (χ2n) is 3.95. The number of amides is 1. The molecule has 0 aromatic heterocycles. The third-order valence-electron chi connectivity index (χ3n) is 2.35. The standard InChI is InChI=1S/C13H16FNO4/c1-2-7-15(8-13(17)18)12(16)9-19-11-5-3-10(14)4-6-11/h3-6H,2,7-9H2,1H3,(H,17,18). The molecule has 1 aromatic rings. The van der Waals surface area contributed by atoms with Crippen LogP contribution in [0.3, 0.4) is 0 Å².